The molecule has 3 aliphatic rings. The summed E-state index contributed by atoms with van der Waals surface area (Å²) in [5.41, 5.74) is 0. The zero-order valence-corrected chi connectivity index (χ0v) is 13.9. The van der Waals surface area contributed by atoms with E-state index >= 15 is 0 Å². The zero-order chi connectivity index (χ0) is 15.1. The molecule has 0 heterocycles. The molecule has 3 saturated carbocycles. The van der Waals surface area contributed by atoms with Gasteiger partial charge in [-0.25, -0.2) is 0 Å². The molecular weight excluding hydrogens is 260 g/mol. The van der Waals surface area contributed by atoms with Crippen LogP contribution in [0.4, 0.5) is 0 Å². The average Bonchev–Trinajstić information content (AvgIpc) is 2.35. The molecule has 2 nitrogen and oxygen atoms in total. The minimum Gasteiger partial charge on any atom is -0.393 e. The first kappa shape index (κ1) is 15.5. The summed E-state index contributed by atoms with van der Waals surface area (Å²) in [7, 11) is 0. The molecule has 0 aliphatic heterocycles. The molecule has 0 amide bonds. The molecule has 0 aromatic rings. The molecule has 2 heteroatoms. The van der Waals surface area contributed by atoms with Crippen LogP contribution in [0.15, 0.2) is 0 Å². The standard InChI is InChI=1S/C19H32O2/c1-11-5-4-6-18(21)19-12(2)9-14(20)10-17(19)16-8-7-15(16)13(11)3/h11-17,19-20H,4-10H2,1-3H3. The highest BCUT2D eigenvalue weighted by atomic mass is 16.3. The van der Waals surface area contributed by atoms with E-state index in [1.807, 2.05) is 0 Å². The second-order valence-electron chi connectivity index (χ2n) is 8.39. The highest BCUT2D eigenvalue weighted by Gasteiger charge is 2.49. The summed E-state index contributed by atoms with van der Waals surface area (Å²) in [6, 6.07) is 0. The molecule has 1 N–H and O–H groups in total. The summed E-state index contributed by atoms with van der Waals surface area (Å²) in [4.78, 5) is 12.8. The van der Waals surface area contributed by atoms with Crippen LogP contribution in [0.5, 0.6) is 0 Å². The van der Waals surface area contributed by atoms with Crippen molar-refractivity contribution >= 4 is 5.78 Å². The minimum absolute atomic E-state index is 0.175. The lowest BCUT2D eigenvalue weighted by Gasteiger charge is -2.52. The van der Waals surface area contributed by atoms with Gasteiger partial charge in [-0.15, -0.1) is 0 Å². The van der Waals surface area contributed by atoms with Crippen LogP contribution in [0.3, 0.4) is 0 Å². The molecule has 0 radical (unpaired) electrons. The number of hydrogen-bond donors (Lipinski definition) is 1. The van der Waals surface area contributed by atoms with Crippen LogP contribution in [0.2, 0.25) is 0 Å². The van der Waals surface area contributed by atoms with Gasteiger partial charge < -0.3 is 5.11 Å². The van der Waals surface area contributed by atoms with Gasteiger partial charge in [0.25, 0.3) is 0 Å². The van der Waals surface area contributed by atoms with E-state index in [2.05, 4.69) is 20.8 Å². The van der Waals surface area contributed by atoms with Gasteiger partial charge in [-0.3, -0.25) is 4.79 Å². The summed E-state index contributed by atoms with van der Waals surface area (Å²) in [5.74, 6) is 4.61. The summed E-state index contributed by atoms with van der Waals surface area (Å²) in [5, 5.41) is 10.2. The Morgan fingerprint density at radius 2 is 1.62 bits per heavy atom. The molecule has 21 heavy (non-hydrogen) atoms. The first-order valence-corrected chi connectivity index (χ1v) is 9.19. The van der Waals surface area contributed by atoms with Gasteiger partial charge in [0.2, 0.25) is 0 Å². The topological polar surface area (TPSA) is 37.3 Å². The third-order valence-electron chi connectivity index (χ3n) is 7.22. The van der Waals surface area contributed by atoms with Crippen molar-refractivity contribution in [2.75, 3.05) is 0 Å². The number of carbonyl (C=O) groups excluding carboxylic acids is 1. The van der Waals surface area contributed by atoms with Crippen LogP contribution < -0.4 is 0 Å². The fourth-order valence-corrected chi connectivity index (χ4v) is 5.74. The monoisotopic (exact) mass is 292 g/mol. The molecule has 8 atom stereocenters. The van der Waals surface area contributed by atoms with Crippen LogP contribution in [0.1, 0.15) is 65.7 Å². The Morgan fingerprint density at radius 1 is 0.905 bits per heavy atom. The van der Waals surface area contributed by atoms with Crippen molar-refractivity contribution in [3.8, 4) is 0 Å². The number of hydrogen-bond acceptors (Lipinski definition) is 2. The number of carbonyl (C=O) groups is 1. The highest BCUT2D eigenvalue weighted by Crippen LogP contribution is 2.53. The molecule has 0 bridgehead atoms. The lowest BCUT2D eigenvalue weighted by atomic mass is 9.53. The third-order valence-corrected chi connectivity index (χ3v) is 7.22. The van der Waals surface area contributed by atoms with Crippen LogP contribution >= 0.6 is 0 Å². The van der Waals surface area contributed by atoms with Gasteiger partial charge in [-0.1, -0.05) is 27.2 Å². The predicted octanol–water partition coefficient (Wildman–Crippen LogP) is 4.06. The lowest BCUT2D eigenvalue weighted by molar-refractivity contribution is -0.135. The number of aliphatic hydroxyl groups is 1. The SMILES string of the molecule is CC1CCCC(=O)C2C(C)CC(O)CC2C2CCC2C1C. The van der Waals surface area contributed by atoms with Crippen LogP contribution in [0.25, 0.3) is 0 Å². The number of aliphatic hydroxyl groups excluding tert-OH is 1. The van der Waals surface area contributed by atoms with Crippen molar-refractivity contribution in [1.29, 1.82) is 0 Å². The summed E-state index contributed by atoms with van der Waals surface area (Å²) in [6.07, 6.45) is 7.22. The Morgan fingerprint density at radius 3 is 2.29 bits per heavy atom. The van der Waals surface area contributed by atoms with Crippen LogP contribution in [0, 0.1) is 41.4 Å². The van der Waals surface area contributed by atoms with Gasteiger partial charge in [0, 0.05) is 12.3 Å². The van der Waals surface area contributed by atoms with Crippen molar-refractivity contribution in [3.05, 3.63) is 0 Å². The summed E-state index contributed by atoms with van der Waals surface area (Å²) >= 11 is 0. The summed E-state index contributed by atoms with van der Waals surface area (Å²) in [6.45, 7) is 7.01. The quantitative estimate of drug-likeness (QED) is 0.731. The van der Waals surface area contributed by atoms with Gasteiger partial charge in [-0.05, 0) is 67.6 Å². The minimum atomic E-state index is -0.175. The van der Waals surface area contributed by atoms with Crippen molar-refractivity contribution in [1.82, 2.24) is 0 Å². The van der Waals surface area contributed by atoms with Crippen molar-refractivity contribution in [2.45, 2.75) is 71.8 Å². The van der Waals surface area contributed by atoms with E-state index in [4.69, 9.17) is 0 Å². The molecule has 0 aromatic carbocycles. The fraction of sp³-hybridized carbons (Fsp3) is 0.947. The molecule has 8 unspecified atom stereocenters. The number of Topliss-reactive ketones (excluding diaryl/α,β-unsaturated/α-hetero) is 1. The van der Waals surface area contributed by atoms with E-state index in [9.17, 15) is 9.90 Å². The van der Waals surface area contributed by atoms with E-state index < -0.39 is 0 Å². The van der Waals surface area contributed by atoms with Gasteiger partial charge in [-0.2, -0.15) is 0 Å². The zero-order valence-electron chi connectivity index (χ0n) is 13.9. The maximum Gasteiger partial charge on any atom is 0.136 e. The molecule has 0 aromatic heterocycles. The van der Waals surface area contributed by atoms with Crippen molar-refractivity contribution in [3.63, 3.8) is 0 Å². The first-order valence-electron chi connectivity index (χ1n) is 9.19. The Kier molecular flexibility index (Phi) is 4.45. The predicted molar refractivity (Wildman–Crippen MR) is 84.8 cm³/mol. The molecule has 0 spiro atoms. The van der Waals surface area contributed by atoms with Crippen LogP contribution in [-0.4, -0.2) is 17.0 Å². The molecule has 3 rings (SSSR count). The Balaban J connectivity index is 1.87. The Hall–Kier alpha value is -0.370. The largest absolute Gasteiger partial charge is 0.393 e. The maximum absolute atomic E-state index is 12.8. The van der Waals surface area contributed by atoms with E-state index in [1.165, 1.54) is 19.3 Å². The number of fused-ring (bicyclic) bond motifs is 3. The van der Waals surface area contributed by atoms with E-state index in [0.717, 1.165) is 43.4 Å². The second-order valence-corrected chi connectivity index (χ2v) is 8.39. The molecule has 3 aliphatic carbocycles. The number of ketones is 1. The molecular formula is C19H32O2. The normalized spacial score (nSPS) is 51.5. The van der Waals surface area contributed by atoms with Gasteiger partial charge in [0.15, 0.2) is 0 Å². The third kappa shape index (κ3) is 2.81. The first-order chi connectivity index (χ1) is 9.99. The summed E-state index contributed by atoms with van der Waals surface area (Å²) < 4.78 is 0. The van der Waals surface area contributed by atoms with Gasteiger partial charge in [0.1, 0.15) is 5.78 Å². The van der Waals surface area contributed by atoms with E-state index in [0.29, 0.717) is 23.5 Å². The van der Waals surface area contributed by atoms with Gasteiger partial charge in [0.05, 0.1) is 6.10 Å². The molecule has 3 fully saturated rings. The van der Waals surface area contributed by atoms with Crippen molar-refractivity contribution in [2.24, 2.45) is 41.4 Å². The molecule has 0 saturated heterocycles. The van der Waals surface area contributed by atoms with Gasteiger partial charge >= 0.3 is 0 Å². The lowest BCUT2D eigenvalue weighted by Crippen LogP contribution is -2.49. The molecule has 120 valence electrons. The second kappa shape index (κ2) is 6.02. The van der Waals surface area contributed by atoms with Crippen LogP contribution in [-0.2, 0) is 4.79 Å². The Labute approximate surface area is 129 Å². The Bertz CT molecular complexity index is 391. The maximum atomic E-state index is 12.8. The van der Waals surface area contributed by atoms with E-state index in [1.54, 1.807) is 0 Å². The number of rotatable bonds is 0. The smallest absolute Gasteiger partial charge is 0.136 e. The average molecular weight is 292 g/mol. The highest BCUT2D eigenvalue weighted by molar-refractivity contribution is 5.81. The fourth-order valence-electron chi connectivity index (χ4n) is 5.74. The van der Waals surface area contributed by atoms with E-state index in [-0.39, 0.29) is 12.0 Å². The van der Waals surface area contributed by atoms with Crippen molar-refractivity contribution < 1.29 is 9.90 Å².